The van der Waals surface area contributed by atoms with Crippen molar-refractivity contribution in [1.29, 1.82) is 0 Å². The predicted molar refractivity (Wildman–Crippen MR) is 114 cm³/mol. The fourth-order valence-corrected chi connectivity index (χ4v) is 4.19. The van der Waals surface area contributed by atoms with Crippen molar-refractivity contribution in [3.8, 4) is 5.75 Å². The molecule has 0 amide bonds. The average Bonchev–Trinajstić information content (AvgIpc) is 2.66. The van der Waals surface area contributed by atoms with E-state index in [0.717, 1.165) is 5.56 Å². The molecule has 0 saturated carbocycles. The van der Waals surface area contributed by atoms with Crippen LogP contribution in [0, 0.1) is 6.92 Å². The van der Waals surface area contributed by atoms with Crippen molar-refractivity contribution in [2.45, 2.75) is 11.8 Å². The third-order valence-corrected chi connectivity index (χ3v) is 6.04. The predicted octanol–water partition coefficient (Wildman–Crippen LogP) is 6.47. The van der Waals surface area contributed by atoms with Crippen LogP contribution in [0.15, 0.2) is 70.6 Å². The Bertz CT molecular complexity index is 1120. The summed E-state index contributed by atoms with van der Waals surface area (Å²) in [6.07, 6.45) is 1.56. The van der Waals surface area contributed by atoms with Crippen LogP contribution in [0.4, 0.5) is 5.69 Å². The SMILES string of the molecule is Cc1c(Cl)cccc1N=Cc1cc(Cl)c(OS(=O)(=O)c2ccccc2)c(Cl)c1. The first kappa shape index (κ1) is 20.7. The highest BCUT2D eigenvalue weighted by Crippen LogP contribution is 2.36. The summed E-state index contributed by atoms with van der Waals surface area (Å²) >= 11 is 18.5. The third-order valence-electron chi connectivity index (χ3n) is 3.84. The van der Waals surface area contributed by atoms with E-state index in [1.54, 1.807) is 36.5 Å². The van der Waals surface area contributed by atoms with E-state index in [0.29, 0.717) is 16.3 Å². The van der Waals surface area contributed by atoms with E-state index in [1.165, 1.54) is 24.3 Å². The number of benzene rings is 3. The van der Waals surface area contributed by atoms with Crippen molar-refractivity contribution >= 4 is 56.8 Å². The summed E-state index contributed by atoms with van der Waals surface area (Å²) in [6.45, 7) is 1.86. The van der Waals surface area contributed by atoms with E-state index >= 15 is 0 Å². The second kappa shape index (κ2) is 8.53. The van der Waals surface area contributed by atoms with Crippen LogP contribution in [-0.2, 0) is 10.1 Å². The minimum Gasteiger partial charge on any atom is -0.376 e. The minimum atomic E-state index is -4.05. The molecule has 0 radical (unpaired) electrons. The molecule has 144 valence electrons. The molecule has 3 aromatic rings. The Hall–Kier alpha value is -2.05. The number of nitrogens with zero attached hydrogens (tertiary/aromatic N) is 1. The molecule has 0 fully saturated rings. The average molecular weight is 455 g/mol. The van der Waals surface area contributed by atoms with Gasteiger partial charge in [0.15, 0.2) is 5.75 Å². The molecule has 0 atom stereocenters. The Labute approximate surface area is 178 Å². The molecule has 0 aliphatic heterocycles. The molecule has 3 aromatic carbocycles. The standard InChI is InChI=1S/C20H14Cl3NO3S/c1-13-16(21)8-5-9-19(13)24-12-14-10-17(22)20(18(23)11-14)27-28(25,26)15-6-3-2-4-7-15/h2-12H,1H3. The summed E-state index contributed by atoms with van der Waals surface area (Å²) in [6, 6.07) is 16.2. The molecule has 0 spiro atoms. The number of hydrogen-bond donors (Lipinski definition) is 0. The van der Waals surface area contributed by atoms with Gasteiger partial charge < -0.3 is 4.18 Å². The van der Waals surface area contributed by atoms with Gasteiger partial charge in [-0.3, -0.25) is 4.99 Å². The van der Waals surface area contributed by atoms with E-state index in [9.17, 15) is 8.42 Å². The van der Waals surface area contributed by atoms with Crippen LogP contribution in [0.5, 0.6) is 5.75 Å². The Kier molecular flexibility index (Phi) is 6.30. The van der Waals surface area contributed by atoms with Crippen LogP contribution < -0.4 is 4.18 Å². The van der Waals surface area contributed by atoms with Gasteiger partial charge in [-0.25, -0.2) is 0 Å². The fraction of sp³-hybridized carbons (Fsp3) is 0.0500. The van der Waals surface area contributed by atoms with E-state index in [4.69, 9.17) is 39.0 Å². The van der Waals surface area contributed by atoms with Gasteiger partial charge in [0.2, 0.25) is 0 Å². The van der Waals surface area contributed by atoms with Gasteiger partial charge in [-0.05, 0) is 54.4 Å². The number of aliphatic imine (C=N–C) groups is 1. The fourth-order valence-electron chi connectivity index (χ4n) is 2.36. The van der Waals surface area contributed by atoms with E-state index in [-0.39, 0.29) is 20.7 Å². The normalized spacial score (nSPS) is 11.7. The molecule has 0 bridgehead atoms. The van der Waals surface area contributed by atoms with Crippen molar-refractivity contribution in [3.05, 3.63) is 86.9 Å². The van der Waals surface area contributed by atoms with Crippen LogP contribution in [0.1, 0.15) is 11.1 Å². The quantitative estimate of drug-likeness (QED) is 0.328. The van der Waals surface area contributed by atoms with Crippen molar-refractivity contribution in [1.82, 2.24) is 0 Å². The van der Waals surface area contributed by atoms with Gasteiger partial charge in [-0.2, -0.15) is 8.42 Å². The Morgan fingerprint density at radius 2 is 1.54 bits per heavy atom. The summed E-state index contributed by atoms with van der Waals surface area (Å²) < 4.78 is 29.9. The smallest absolute Gasteiger partial charge is 0.339 e. The molecular formula is C20H14Cl3NO3S. The van der Waals surface area contributed by atoms with Crippen molar-refractivity contribution in [2.24, 2.45) is 4.99 Å². The Morgan fingerprint density at radius 1 is 0.893 bits per heavy atom. The lowest BCUT2D eigenvalue weighted by Gasteiger charge is -2.11. The molecular weight excluding hydrogens is 441 g/mol. The lowest BCUT2D eigenvalue weighted by Crippen LogP contribution is -2.10. The molecule has 28 heavy (non-hydrogen) atoms. The first-order chi connectivity index (χ1) is 13.3. The van der Waals surface area contributed by atoms with Crippen molar-refractivity contribution < 1.29 is 12.6 Å². The number of hydrogen-bond acceptors (Lipinski definition) is 4. The Morgan fingerprint density at radius 3 is 2.18 bits per heavy atom. The summed E-state index contributed by atoms with van der Waals surface area (Å²) in [5.74, 6) is -0.136. The highest BCUT2D eigenvalue weighted by molar-refractivity contribution is 7.87. The zero-order valence-corrected chi connectivity index (χ0v) is 17.6. The minimum absolute atomic E-state index is 0.00389. The molecule has 0 saturated heterocycles. The van der Waals surface area contributed by atoms with Crippen LogP contribution in [0.25, 0.3) is 0 Å². The van der Waals surface area contributed by atoms with Crippen LogP contribution in [0.3, 0.4) is 0 Å². The zero-order valence-electron chi connectivity index (χ0n) is 14.6. The molecule has 0 heterocycles. The summed E-state index contributed by atoms with van der Waals surface area (Å²) in [5.41, 5.74) is 2.12. The third kappa shape index (κ3) is 4.67. The highest BCUT2D eigenvalue weighted by Gasteiger charge is 2.20. The van der Waals surface area contributed by atoms with Crippen LogP contribution in [0.2, 0.25) is 15.1 Å². The largest absolute Gasteiger partial charge is 0.376 e. The summed E-state index contributed by atoms with van der Waals surface area (Å²) in [7, 11) is -4.05. The monoisotopic (exact) mass is 453 g/mol. The van der Waals surface area contributed by atoms with Gasteiger partial charge in [0.25, 0.3) is 0 Å². The van der Waals surface area contributed by atoms with Crippen LogP contribution >= 0.6 is 34.8 Å². The maximum absolute atomic E-state index is 12.4. The van der Waals surface area contributed by atoms with Gasteiger partial charge in [0.1, 0.15) is 4.90 Å². The van der Waals surface area contributed by atoms with Gasteiger partial charge in [-0.1, -0.05) is 59.1 Å². The van der Waals surface area contributed by atoms with E-state index in [1.807, 2.05) is 13.0 Å². The molecule has 0 aliphatic rings. The Balaban J connectivity index is 1.89. The van der Waals surface area contributed by atoms with Gasteiger partial charge >= 0.3 is 10.1 Å². The van der Waals surface area contributed by atoms with Gasteiger partial charge in [0, 0.05) is 11.2 Å². The topological polar surface area (TPSA) is 55.7 Å². The molecule has 3 rings (SSSR count). The van der Waals surface area contributed by atoms with Crippen LogP contribution in [-0.4, -0.2) is 14.6 Å². The second-order valence-electron chi connectivity index (χ2n) is 5.81. The maximum Gasteiger partial charge on any atom is 0.339 e. The first-order valence-electron chi connectivity index (χ1n) is 8.06. The van der Waals surface area contributed by atoms with Crippen molar-refractivity contribution in [2.75, 3.05) is 0 Å². The van der Waals surface area contributed by atoms with Gasteiger partial charge in [-0.15, -0.1) is 0 Å². The second-order valence-corrected chi connectivity index (χ2v) is 8.57. The van der Waals surface area contributed by atoms with E-state index < -0.39 is 10.1 Å². The van der Waals surface area contributed by atoms with Crippen molar-refractivity contribution in [3.63, 3.8) is 0 Å². The molecule has 0 aromatic heterocycles. The lowest BCUT2D eigenvalue weighted by molar-refractivity contribution is 0.486. The molecule has 0 N–H and O–H groups in total. The molecule has 0 unspecified atom stereocenters. The molecule has 8 heteroatoms. The summed E-state index contributed by atoms with van der Waals surface area (Å²) in [5, 5.41) is 0.716. The zero-order chi connectivity index (χ0) is 20.3. The number of halogens is 3. The summed E-state index contributed by atoms with van der Waals surface area (Å²) in [4.78, 5) is 4.39. The van der Waals surface area contributed by atoms with E-state index in [2.05, 4.69) is 4.99 Å². The maximum atomic E-state index is 12.4. The highest BCUT2D eigenvalue weighted by atomic mass is 35.5. The van der Waals surface area contributed by atoms with Gasteiger partial charge in [0.05, 0.1) is 15.7 Å². The number of rotatable bonds is 5. The first-order valence-corrected chi connectivity index (χ1v) is 10.6. The molecule has 4 nitrogen and oxygen atoms in total. The lowest BCUT2D eigenvalue weighted by atomic mass is 10.2. The molecule has 0 aliphatic carbocycles.